The smallest absolute Gasteiger partial charge is 0.0369 e. The normalized spacial score (nSPS) is 16.6. The molecule has 0 N–H and O–H groups in total. The predicted octanol–water partition coefficient (Wildman–Crippen LogP) is 3.92. The fourth-order valence-corrected chi connectivity index (χ4v) is 3.03. The topological polar surface area (TPSA) is 6.48 Å². The Balaban J connectivity index is 1.67. The molecule has 0 spiro atoms. The molecule has 0 bridgehead atoms. The van der Waals surface area contributed by atoms with E-state index >= 15 is 0 Å². The van der Waals surface area contributed by atoms with Gasteiger partial charge >= 0.3 is 0 Å². The van der Waals surface area contributed by atoms with Crippen LogP contribution in [0.5, 0.6) is 0 Å². The van der Waals surface area contributed by atoms with E-state index in [0.717, 1.165) is 19.0 Å². The first-order chi connectivity index (χ1) is 9.79. The van der Waals surface area contributed by atoms with Crippen LogP contribution in [0.1, 0.15) is 31.2 Å². The highest BCUT2D eigenvalue weighted by molar-refractivity contribution is 6.17. The van der Waals surface area contributed by atoms with Crippen molar-refractivity contribution in [2.24, 2.45) is 0 Å². The van der Waals surface area contributed by atoms with Crippen LogP contribution in [0, 0.1) is 6.92 Å². The van der Waals surface area contributed by atoms with Crippen molar-refractivity contribution in [3.8, 4) is 0 Å². The van der Waals surface area contributed by atoms with Crippen LogP contribution in [-0.4, -0.2) is 43.5 Å². The predicted molar refractivity (Wildman–Crippen MR) is 89.0 cm³/mol. The van der Waals surface area contributed by atoms with Gasteiger partial charge in [-0.1, -0.05) is 25.0 Å². The van der Waals surface area contributed by atoms with Crippen molar-refractivity contribution >= 4 is 17.3 Å². The van der Waals surface area contributed by atoms with Gasteiger partial charge in [-0.25, -0.2) is 0 Å². The number of piperazine rings is 1. The number of hydrogen-bond acceptors (Lipinski definition) is 2. The lowest BCUT2D eigenvalue weighted by molar-refractivity contribution is 0.252. The number of anilines is 1. The second kappa shape index (κ2) is 8.53. The molecule has 1 aliphatic heterocycles. The maximum atomic E-state index is 5.70. The lowest BCUT2D eigenvalue weighted by Gasteiger charge is -2.36. The summed E-state index contributed by atoms with van der Waals surface area (Å²) in [4.78, 5) is 5.12. The number of unbranched alkanes of at least 4 members (excludes halogenated alkanes) is 3. The van der Waals surface area contributed by atoms with Gasteiger partial charge in [-0.05, 0) is 44.0 Å². The molecule has 3 heteroatoms. The number of aryl methyl sites for hydroxylation is 1. The summed E-state index contributed by atoms with van der Waals surface area (Å²) in [5.41, 5.74) is 2.73. The SMILES string of the molecule is Cc1cccc(N2CCN(CCCCCCCl)CC2)c1. The Bertz CT molecular complexity index is 386. The average molecular weight is 295 g/mol. The Morgan fingerprint density at radius 2 is 1.75 bits per heavy atom. The van der Waals surface area contributed by atoms with Crippen molar-refractivity contribution in [1.82, 2.24) is 4.90 Å². The van der Waals surface area contributed by atoms with E-state index in [9.17, 15) is 0 Å². The van der Waals surface area contributed by atoms with Gasteiger partial charge in [0.15, 0.2) is 0 Å². The summed E-state index contributed by atoms with van der Waals surface area (Å²) < 4.78 is 0. The van der Waals surface area contributed by atoms with E-state index in [1.165, 1.54) is 56.6 Å². The second-order valence-electron chi connectivity index (χ2n) is 5.77. The molecule has 1 fully saturated rings. The van der Waals surface area contributed by atoms with Gasteiger partial charge in [0.25, 0.3) is 0 Å². The molecule has 1 aromatic rings. The monoisotopic (exact) mass is 294 g/mol. The highest BCUT2D eigenvalue weighted by Gasteiger charge is 2.16. The highest BCUT2D eigenvalue weighted by atomic mass is 35.5. The molecule has 1 aliphatic rings. The maximum Gasteiger partial charge on any atom is 0.0369 e. The van der Waals surface area contributed by atoms with E-state index in [1.807, 2.05) is 0 Å². The lowest BCUT2D eigenvalue weighted by Crippen LogP contribution is -2.46. The fourth-order valence-electron chi connectivity index (χ4n) is 2.84. The van der Waals surface area contributed by atoms with Gasteiger partial charge in [0, 0.05) is 37.7 Å². The molecule has 1 saturated heterocycles. The summed E-state index contributed by atoms with van der Waals surface area (Å²) in [5, 5.41) is 0. The molecule has 0 aliphatic carbocycles. The van der Waals surface area contributed by atoms with Crippen LogP contribution in [0.2, 0.25) is 0 Å². The van der Waals surface area contributed by atoms with Crippen molar-refractivity contribution in [2.75, 3.05) is 43.5 Å². The van der Waals surface area contributed by atoms with Crippen molar-refractivity contribution in [3.63, 3.8) is 0 Å². The number of nitrogens with zero attached hydrogens (tertiary/aromatic N) is 2. The van der Waals surface area contributed by atoms with E-state index in [0.29, 0.717) is 0 Å². The van der Waals surface area contributed by atoms with Crippen LogP contribution in [0.15, 0.2) is 24.3 Å². The molecule has 2 nitrogen and oxygen atoms in total. The third-order valence-electron chi connectivity index (χ3n) is 4.10. The molecular formula is C17H27ClN2. The van der Waals surface area contributed by atoms with Gasteiger partial charge in [0.1, 0.15) is 0 Å². The van der Waals surface area contributed by atoms with E-state index in [4.69, 9.17) is 11.6 Å². The molecule has 112 valence electrons. The average Bonchev–Trinajstić information content (AvgIpc) is 2.48. The summed E-state index contributed by atoms with van der Waals surface area (Å²) in [6.07, 6.45) is 5.10. The van der Waals surface area contributed by atoms with Crippen LogP contribution in [0.3, 0.4) is 0 Å². The minimum Gasteiger partial charge on any atom is -0.369 e. The van der Waals surface area contributed by atoms with E-state index < -0.39 is 0 Å². The first kappa shape index (κ1) is 15.7. The number of benzene rings is 1. The summed E-state index contributed by atoms with van der Waals surface area (Å²) in [6.45, 7) is 8.13. The summed E-state index contributed by atoms with van der Waals surface area (Å²) >= 11 is 5.70. The van der Waals surface area contributed by atoms with Crippen LogP contribution < -0.4 is 4.90 Å². The number of hydrogen-bond donors (Lipinski definition) is 0. The lowest BCUT2D eigenvalue weighted by atomic mass is 10.1. The number of alkyl halides is 1. The molecular weight excluding hydrogens is 268 g/mol. The summed E-state index contributed by atoms with van der Waals surface area (Å²) in [7, 11) is 0. The Kier molecular flexibility index (Phi) is 6.68. The van der Waals surface area contributed by atoms with E-state index in [2.05, 4.69) is 41.0 Å². The zero-order valence-corrected chi connectivity index (χ0v) is 13.4. The van der Waals surface area contributed by atoms with Crippen LogP contribution >= 0.6 is 11.6 Å². The molecule has 1 aromatic carbocycles. The van der Waals surface area contributed by atoms with Crippen molar-refractivity contribution in [2.45, 2.75) is 32.6 Å². The van der Waals surface area contributed by atoms with Gasteiger partial charge in [-0.3, -0.25) is 4.90 Å². The Labute approximate surface area is 128 Å². The van der Waals surface area contributed by atoms with Crippen LogP contribution in [0.25, 0.3) is 0 Å². The van der Waals surface area contributed by atoms with E-state index in [1.54, 1.807) is 0 Å². The van der Waals surface area contributed by atoms with Gasteiger partial charge in [0.2, 0.25) is 0 Å². The molecule has 20 heavy (non-hydrogen) atoms. The maximum absolute atomic E-state index is 5.70. The van der Waals surface area contributed by atoms with Crippen LogP contribution in [-0.2, 0) is 0 Å². The van der Waals surface area contributed by atoms with E-state index in [-0.39, 0.29) is 0 Å². The summed E-state index contributed by atoms with van der Waals surface area (Å²) in [6, 6.07) is 8.85. The fraction of sp³-hybridized carbons (Fsp3) is 0.647. The minimum absolute atomic E-state index is 0.815. The third kappa shape index (κ3) is 4.99. The molecule has 1 heterocycles. The zero-order chi connectivity index (χ0) is 14.2. The first-order valence-electron chi connectivity index (χ1n) is 7.89. The van der Waals surface area contributed by atoms with Crippen molar-refractivity contribution in [3.05, 3.63) is 29.8 Å². The second-order valence-corrected chi connectivity index (χ2v) is 6.15. The largest absolute Gasteiger partial charge is 0.369 e. The standard InChI is InChI=1S/C17H27ClN2/c1-16-7-6-8-17(15-16)20-13-11-19(12-14-20)10-5-3-2-4-9-18/h6-8,15H,2-5,9-14H2,1H3. The Morgan fingerprint density at radius 3 is 2.45 bits per heavy atom. The first-order valence-corrected chi connectivity index (χ1v) is 8.43. The van der Waals surface area contributed by atoms with Crippen molar-refractivity contribution in [1.29, 1.82) is 0 Å². The van der Waals surface area contributed by atoms with Gasteiger partial charge in [-0.2, -0.15) is 0 Å². The molecule has 0 saturated carbocycles. The van der Waals surface area contributed by atoms with Gasteiger partial charge in [-0.15, -0.1) is 11.6 Å². The Morgan fingerprint density at radius 1 is 1.00 bits per heavy atom. The summed E-state index contributed by atoms with van der Waals surface area (Å²) in [5.74, 6) is 0.815. The van der Waals surface area contributed by atoms with Gasteiger partial charge in [0.05, 0.1) is 0 Å². The number of halogens is 1. The molecule has 0 unspecified atom stereocenters. The minimum atomic E-state index is 0.815. The third-order valence-corrected chi connectivity index (χ3v) is 4.36. The quantitative estimate of drug-likeness (QED) is 0.555. The molecule has 0 amide bonds. The van der Waals surface area contributed by atoms with Crippen molar-refractivity contribution < 1.29 is 0 Å². The molecule has 0 radical (unpaired) electrons. The molecule has 0 aromatic heterocycles. The van der Waals surface area contributed by atoms with Gasteiger partial charge < -0.3 is 4.90 Å². The highest BCUT2D eigenvalue weighted by Crippen LogP contribution is 2.18. The number of rotatable bonds is 7. The Hall–Kier alpha value is -0.730. The van der Waals surface area contributed by atoms with Crippen LogP contribution in [0.4, 0.5) is 5.69 Å². The molecule has 2 rings (SSSR count). The molecule has 0 atom stereocenters. The zero-order valence-electron chi connectivity index (χ0n) is 12.7.